The lowest BCUT2D eigenvalue weighted by molar-refractivity contribution is 0.0449. The predicted molar refractivity (Wildman–Crippen MR) is 138 cm³/mol. The number of aromatic nitrogens is 3. The van der Waals surface area contributed by atoms with Gasteiger partial charge in [0.25, 0.3) is 5.91 Å². The summed E-state index contributed by atoms with van der Waals surface area (Å²) in [6, 6.07) is 9.49. The maximum atomic E-state index is 13.2. The fourth-order valence-corrected chi connectivity index (χ4v) is 4.75. The van der Waals surface area contributed by atoms with Gasteiger partial charge in [-0.2, -0.15) is 0 Å². The number of ether oxygens (including phenoxy) is 1. The molecule has 1 aliphatic rings. The minimum Gasteiger partial charge on any atom is -0.384 e. The van der Waals surface area contributed by atoms with Crippen molar-refractivity contribution in [2.24, 2.45) is 0 Å². The summed E-state index contributed by atoms with van der Waals surface area (Å²) in [6.07, 6.45) is 4.01. The Balaban J connectivity index is 1.59. The van der Waals surface area contributed by atoms with Gasteiger partial charge in [-0.15, -0.1) is 0 Å². The second-order valence-corrected chi connectivity index (χ2v) is 9.10. The number of rotatable bonds is 7. The lowest BCUT2D eigenvalue weighted by Gasteiger charge is -2.38. The van der Waals surface area contributed by atoms with Gasteiger partial charge < -0.3 is 15.4 Å². The zero-order valence-electron chi connectivity index (χ0n) is 20.4. The topological polar surface area (TPSA) is 97.5 Å². The molecule has 1 saturated heterocycles. The zero-order valence-corrected chi connectivity index (χ0v) is 21.1. The number of hydrogen-bond donors (Lipinski definition) is 1. The molecule has 0 bridgehead atoms. The molecule has 3 heterocycles. The predicted octanol–water partition coefficient (Wildman–Crippen LogP) is 3.80. The Hall–Kier alpha value is -3.07. The van der Waals surface area contributed by atoms with Crippen LogP contribution in [0.3, 0.4) is 0 Å². The van der Waals surface area contributed by atoms with Gasteiger partial charge in [-0.05, 0) is 37.6 Å². The molecule has 1 atom stereocenters. The Bertz CT molecular complexity index is 1180. The Kier molecular flexibility index (Phi) is 7.95. The van der Waals surface area contributed by atoms with E-state index in [0.29, 0.717) is 42.1 Å². The lowest BCUT2D eigenvalue weighted by Crippen LogP contribution is -2.52. The van der Waals surface area contributed by atoms with Crippen LogP contribution in [0.5, 0.6) is 0 Å². The molecular formula is C26H31ClN6O2. The fourth-order valence-electron chi connectivity index (χ4n) is 4.48. The van der Waals surface area contributed by atoms with Crippen LogP contribution in [0.1, 0.15) is 29.9 Å². The number of nitrogen functional groups attached to an aromatic ring is 1. The molecular weight excluding hydrogens is 464 g/mol. The number of halogens is 1. The van der Waals surface area contributed by atoms with Gasteiger partial charge in [0.15, 0.2) is 0 Å². The van der Waals surface area contributed by atoms with E-state index in [1.807, 2.05) is 30.0 Å². The minimum atomic E-state index is -0.0551. The summed E-state index contributed by atoms with van der Waals surface area (Å²) in [5.74, 6) is 0.394. The van der Waals surface area contributed by atoms with Gasteiger partial charge in [-0.25, -0.2) is 15.0 Å². The number of methoxy groups -OCH3 is 1. The number of nitrogens with two attached hydrogens (primary N) is 1. The number of nitrogens with zero attached hydrogens (tertiary/aromatic N) is 5. The first-order chi connectivity index (χ1) is 16.9. The molecule has 9 heteroatoms. The summed E-state index contributed by atoms with van der Waals surface area (Å²) < 4.78 is 5.26. The summed E-state index contributed by atoms with van der Waals surface area (Å²) in [4.78, 5) is 30.7. The van der Waals surface area contributed by atoms with Crippen molar-refractivity contribution < 1.29 is 9.53 Å². The smallest absolute Gasteiger partial charge is 0.255 e. The molecule has 1 unspecified atom stereocenters. The molecule has 1 amide bonds. The molecule has 1 fully saturated rings. The highest BCUT2D eigenvalue weighted by atomic mass is 35.5. The molecule has 1 aliphatic heterocycles. The molecule has 2 N–H and O–H groups in total. The quantitative estimate of drug-likeness (QED) is 0.533. The van der Waals surface area contributed by atoms with E-state index in [4.69, 9.17) is 22.1 Å². The third-order valence-corrected chi connectivity index (χ3v) is 6.75. The molecule has 4 rings (SSSR count). The number of aryl methyl sites for hydroxylation is 1. The van der Waals surface area contributed by atoms with Gasteiger partial charge in [-0.3, -0.25) is 9.69 Å². The van der Waals surface area contributed by atoms with E-state index in [2.05, 4.69) is 26.8 Å². The highest BCUT2D eigenvalue weighted by molar-refractivity contribution is 6.34. The normalized spacial score (nSPS) is 15.3. The summed E-state index contributed by atoms with van der Waals surface area (Å²) in [5, 5.41) is 0.403. The first-order valence-electron chi connectivity index (χ1n) is 11.8. The average Bonchev–Trinajstić information content (AvgIpc) is 2.88. The number of pyridine rings is 1. The molecule has 0 aliphatic carbocycles. The third-order valence-electron chi connectivity index (χ3n) is 6.44. The lowest BCUT2D eigenvalue weighted by atomic mass is 9.97. The van der Waals surface area contributed by atoms with E-state index in [-0.39, 0.29) is 5.91 Å². The number of carbonyl (C=O) groups is 1. The maximum absolute atomic E-state index is 13.2. The zero-order chi connectivity index (χ0) is 24.9. The van der Waals surface area contributed by atoms with Crippen LogP contribution in [0.4, 0.5) is 5.82 Å². The summed E-state index contributed by atoms with van der Waals surface area (Å²) >= 11 is 6.66. The largest absolute Gasteiger partial charge is 0.384 e. The fraction of sp³-hybridized carbons (Fsp3) is 0.385. The molecule has 2 aromatic heterocycles. The van der Waals surface area contributed by atoms with Crippen LogP contribution in [-0.4, -0.2) is 76.6 Å². The van der Waals surface area contributed by atoms with Crippen molar-refractivity contribution in [3.63, 3.8) is 0 Å². The monoisotopic (exact) mass is 494 g/mol. The number of anilines is 1. The molecule has 1 aromatic carbocycles. The van der Waals surface area contributed by atoms with Crippen molar-refractivity contribution in [3.8, 4) is 22.4 Å². The number of benzene rings is 1. The average molecular weight is 495 g/mol. The summed E-state index contributed by atoms with van der Waals surface area (Å²) in [7, 11) is 1.71. The van der Waals surface area contributed by atoms with E-state index in [9.17, 15) is 4.79 Å². The number of amides is 1. The van der Waals surface area contributed by atoms with Crippen molar-refractivity contribution in [2.75, 3.05) is 45.6 Å². The van der Waals surface area contributed by atoms with Gasteiger partial charge >= 0.3 is 0 Å². The Morgan fingerprint density at radius 3 is 2.49 bits per heavy atom. The van der Waals surface area contributed by atoms with Gasteiger partial charge in [0, 0.05) is 62.2 Å². The molecule has 3 aromatic rings. The third kappa shape index (κ3) is 5.45. The van der Waals surface area contributed by atoms with E-state index in [1.165, 1.54) is 0 Å². The van der Waals surface area contributed by atoms with E-state index >= 15 is 0 Å². The minimum absolute atomic E-state index is 0.0551. The van der Waals surface area contributed by atoms with Crippen LogP contribution in [-0.2, 0) is 11.2 Å². The molecule has 0 spiro atoms. The highest BCUT2D eigenvalue weighted by Crippen LogP contribution is 2.34. The van der Waals surface area contributed by atoms with Crippen LogP contribution in [0.15, 0.2) is 42.9 Å². The van der Waals surface area contributed by atoms with E-state index in [0.717, 1.165) is 47.6 Å². The van der Waals surface area contributed by atoms with Crippen molar-refractivity contribution in [2.45, 2.75) is 26.3 Å². The molecule has 8 nitrogen and oxygen atoms in total. The highest BCUT2D eigenvalue weighted by Gasteiger charge is 2.26. The summed E-state index contributed by atoms with van der Waals surface area (Å²) in [5.41, 5.74) is 10.5. The van der Waals surface area contributed by atoms with Gasteiger partial charge in [0.2, 0.25) is 0 Å². The van der Waals surface area contributed by atoms with Crippen LogP contribution in [0, 0.1) is 0 Å². The standard InChI is InChI=1S/C26H31ClN6O2/c1-4-22-24(19-6-8-23(28)29-14-19)25(31-16-30-22)18-5-7-20(21(27)13-18)26(34)33-11-9-32(10-12-33)17(2)15-35-3/h5-8,13-14,16-17H,4,9-12,15H2,1-3H3,(H2,28,29). The van der Waals surface area contributed by atoms with Crippen LogP contribution in [0.25, 0.3) is 22.4 Å². The Labute approximate surface area is 211 Å². The first-order valence-corrected chi connectivity index (χ1v) is 12.2. The SMILES string of the molecule is CCc1ncnc(-c2ccc(C(=O)N3CCN(C(C)COC)CC3)c(Cl)c2)c1-c1ccc(N)nc1. The second kappa shape index (κ2) is 11.1. The van der Waals surface area contributed by atoms with Crippen LogP contribution in [0.2, 0.25) is 5.02 Å². The molecule has 0 radical (unpaired) electrons. The second-order valence-electron chi connectivity index (χ2n) is 8.70. The van der Waals surface area contributed by atoms with E-state index < -0.39 is 0 Å². The van der Waals surface area contributed by atoms with Crippen molar-refractivity contribution >= 4 is 23.3 Å². The van der Waals surface area contributed by atoms with Crippen LogP contribution >= 0.6 is 11.6 Å². The van der Waals surface area contributed by atoms with Crippen molar-refractivity contribution in [3.05, 3.63) is 59.1 Å². The number of piperazine rings is 1. The van der Waals surface area contributed by atoms with E-state index in [1.54, 1.807) is 31.8 Å². The van der Waals surface area contributed by atoms with Crippen molar-refractivity contribution in [1.29, 1.82) is 0 Å². The van der Waals surface area contributed by atoms with Gasteiger partial charge in [0.05, 0.1) is 28.6 Å². The van der Waals surface area contributed by atoms with Crippen LogP contribution < -0.4 is 5.73 Å². The van der Waals surface area contributed by atoms with Gasteiger partial charge in [-0.1, -0.05) is 24.6 Å². The molecule has 0 saturated carbocycles. The maximum Gasteiger partial charge on any atom is 0.255 e. The Morgan fingerprint density at radius 1 is 1.11 bits per heavy atom. The first kappa shape index (κ1) is 25.0. The summed E-state index contributed by atoms with van der Waals surface area (Å²) in [6.45, 7) is 7.80. The number of carbonyl (C=O) groups excluding carboxylic acids is 1. The molecule has 184 valence electrons. The molecule has 35 heavy (non-hydrogen) atoms. The van der Waals surface area contributed by atoms with Crippen molar-refractivity contribution in [1.82, 2.24) is 24.8 Å². The van der Waals surface area contributed by atoms with Gasteiger partial charge in [0.1, 0.15) is 12.1 Å². The number of hydrogen-bond acceptors (Lipinski definition) is 7. The Morgan fingerprint density at radius 2 is 1.86 bits per heavy atom.